The van der Waals surface area contributed by atoms with Crippen LogP contribution in [0.3, 0.4) is 0 Å². The van der Waals surface area contributed by atoms with Gasteiger partial charge in [0.05, 0.1) is 6.42 Å². The number of anilines is 1. The van der Waals surface area contributed by atoms with E-state index in [4.69, 9.17) is 0 Å². The smallest absolute Gasteiger partial charge is 0.325 e. The SMILES string of the molecule is Cc1cc(-n2c(C(C)C)nc3ccc(C(F)(F)F)nc32)cc2c1NC(=O)C2. The lowest BCUT2D eigenvalue weighted by Crippen LogP contribution is -2.09. The highest BCUT2D eigenvalue weighted by Crippen LogP contribution is 2.34. The minimum Gasteiger partial charge on any atom is -0.325 e. The van der Waals surface area contributed by atoms with E-state index in [1.165, 1.54) is 6.07 Å². The van der Waals surface area contributed by atoms with Crippen molar-refractivity contribution in [3.63, 3.8) is 0 Å². The van der Waals surface area contributed by atoms with E-state index in [0.29, 0.717) is 17.0 Å². The lowest BCUT2D eigenvalue weighted by molar-refractivity contribution is -0.141. The summed E-state index contributed by atoms with van der Waals surface area (Å²) in [5.41, 5.74) is 2.68. The number of aromatic nitrogens is 3. The van der Waals surface area contributed by atoms with Crippen LogP contribution in [0, 0.1) is 6.92 Å². The summed E-state index contributed by atoms with van der Waals surface area (Å²) in [5, 5.41) is 2.81. The van der Waals surface area contributed by atoms with Gasteiger partial charge in [-0.05, 0) is 42.3 Å². The van der Waals surface area contributed by atoms with Gasteiger partial charge in [-0.1, -0.05) is 13.8 Å². The van der Waals surface area contributed by atoms with Gasteiger partial charge in [0.15, 0.2) is 5.65 Å². The molecule has 0 bridgehead atoms. The summed E-state index contributed by atoms with van der Waals surface area (Å²) in [4.78, 5) is 20.1. The number of hydrogen-bond donors (Lipinski definition) is 1. The molecule has 1 aliphatic heterocycles. The van der Waals surface area contributed by atoms with Crippen molar-refractivity contribution in [3.05, 3.63) is 46.9 Å². The van der Waals surface area contributed by atoms with Crippen LogP contribution in [-0.4, -0.2) is 20.4 Å². The molecule has 0 radical (unpaired) electrons. The van der Waals surface area contributed by atoms with Crippen LogP contribution in [0.15, 0.2) is 24.3 Å². The molecule has 0 saturated heterocycles. The number of hydrogen-bond acceptors (Lipinski definition) is 3. The summed E-state index contributed by atoms with van der Waals surface area (Å²) in [6.07, 6.45) is -4.29. The van der Waals surface area contributed by atoms with Crippen LogP contribution in [-0.2, 0) is 17.4 Å². The highest BCUT2D eigenvalue weighted by molar-refractivity contribution is 6.00. The first-order valence-electron chi connectivity index (χ1n) is 8.55. The Balaban J connectivity index is 2.00. The maximum atomic E-state index is 13.2. The zero-order chi connectivity index (χ0) is 19.5. The fourth-order valence-corrected chi connectivity index (χ4v) is 3.42. The summed E-state index contributed by atoms with van der Waals surface area (Å²) < 4.78 is 41.2. The standard InChI is InChI=1S/C19H17F3N4O/c1-9(2)17-23-13-4-5-14(19(20,21)22)24-18(13)26(17)12-6-10(3)16-11(7-12)8-15(27)25-16/h4-7,9H,8H2,1-3H3,(H,25,27). The Bertz CT molecular complexity index is 1080. The van der Waals surface area contributed by atoms with Crippen molar-refractivity contribution in [2.75, 3.05) is 5.32 Å². The molecule has 0 spiro atoms. The van der Waals surface area contributed by atoms with E-state index in [9.17, 15) is 18.0 Å². The number of alkyl halides is 3. The number of fused-ring (bicyclic) bond motifs is 2. The van der Waals surface area contributed by atoms with E-state index in [1.807, 2.05) is 32.9 Å². The Hall–Kier alpha value is -2.90. The number of amides is 1. The second-order valence-corrected chi connectivity index (χ2v) is 7.02. The van der Waals surface area contributed by atoms with Gasteiger partial charge in [0.1, 0.15) is 17.0 Å². The topological polar surface area (TPSA) is 59.8 Å². The Kier molecular flexibility index (Phi) is 3.76. The molecule has 5 nitrogen and oxygen atoms in total. The van der Waals surface area contributed by atoms with Crippen molar-refractivity contribution < 1.29 is 18.0 Å². The molecule has 0 saturated carbocycles. The molecule has 1 N–H and O–H groups in total. The second-order valence-electron chi connectivity index (χ2n) is 7.02. The summed E-state index contributed by atoms with van der Waals surface area (Å²) >= 11 is 0. The third kappa shape index (κ3) is 2.85. The number of pyridine rings is 1. The van der Waals surface area contributed by atoms with Gasteiger partial charge in [0.2, 0.25) is 5.91 Å². The van der Waals surface area contributed by atoms with Crippen molar-refractivity contribution in [1.82, 2.24) is 14.5 Å². The largest absolute Gasteiger partial charge is 0.433 e. The quantitative estimate of drug-likeness (QED) is 0.725. The van der Waals surface area contributed by atoms with Gasteiger partial charge in [-0.2, -0.15) is 13.2 Å². The molecule has 1 aliphatic rings. The maximum Gasteiger partial charge on any atom is 0.433 e. The zero-order valence-electron chi connectivity index (χ0n) is 15.0. The van der Waals surface area contributed by atoms with Crippen LogP contribution in [0.25, 0.3) is 16.9 Å². The molecule has 3 aromatic rings. The predicted molar refractivity (Wildman–Crippen MR) is 95.0 cm³/mol. The van der Waals surface area contributed by atoms with Crippen LogP contribution in [0.5, 0.6) is 0 Å². The van der Waals surface area contributed by atoms with Gasteiger partial charge in [-0.3, -0.25) is 9.36 Å². The van der Waals surface area contributed by atoms with E-state index in [0.717, 1.165) is 22.9 Å². The molecule has 0 atom stereocenters. The number of rotatable bonds is 2. The number of nitrogens with zero attached hydrogens (tertiary/aromatic N) is 3. The number of halogens is 3. The van der Waals surface area contributed by atoms with Crippen LogP contribution in [0.2, 0.25) is 0 Å². The monoisotopic (exact) mass is 374 g/mol. The summed E-state index contributed by atoms with van der Waals surface area (Å²) in [5.74, 6) is 0.498. The molecule has 1 aromatic carbocycles. The van der Waals surface area contributed by atoms with Gasteiger partial charge in [-0.15, -0.1) is 0 Å². The molecular formula is C19H17F3N4O. The molecule has 2 aromatic heterocycles. The van der Waals surface area contributed by atoms with E-state index in [1.54, 1.807) is 4.57 Å². The second kappa shape index (κ2) is 5.80. The molecular weight excluding hydrogens is 357 g/mol. The minimum absolute atomic E-state index is 0.0261. The fraction of sp³-hybridized carbons (Fsp3) is 0.316. The van der Waals surface area contributed by atoms with Crippen LogP contribution < -0.4 is 5.32 Å². The number of carbonyl (C=O) groups excluding carboxylic acids is 1. The van der Waals surface area contributed by atoms with Crippen molar-refractivity contribution in [2.24, 2.45) is 0 Å². The van der Waals surface area contributed by atoms with Crippen LogP contribution >= 0.6 is 0 Å². The predicted octanol–water partition coefficient (Wildman–Crippen LogP) is 4.37. The Morgan fingerprint density at radius 2 is 1.93 bits per heavy atom. The van der Waals surface area contributed by atoms with E-state index in [-0.39, 0.29) is 23.9 Å². The van der Waals surface area contributed by atoms with Gasteiger partial charge >= 0.3 is 6.18 Å². The van der Waals surface area contributed by atoms with Crippen molar-refractivity contribution in [2.45, 2.75) is 39.3 Å². The normalized spacial score (nSPS) is 14.1. The molecule has 140 valence electrons. The van der Waals surface area contributed by atoms with Crippen molar-refractivity contribution in [3.8, 4) is 5.69 Å². The summed E-state index contributed by atoms with van der Waals surface area (Å²) in [7, 11) is 0. The van der Waals surface area contributed by atoms with Crippen molar-refractivity contribution in [1.29, 1.82) is 0 Å². The molecule has 27 heavy (non-hydrogen) atoms. The molecule has 1 amide bonds. The molecule has 0 aliphatic carbocycles. The highest BCUT2D eigenvalue weighted by atomic mass is 19.4. The lowest BCUT2D eigenvalue weighted by Gasteiger charge is -2.14. The molecule has 0 unspecified atom stereocenters. The summed E-state index contributed by atoms with van der Waals surface area (Å²) in [6, 6.07) is 5.94. The van der Waals surface area contributed by atoms with Gasteiger partial charge in [-0.25, -0.2) is 9.97 Å². The lowest BCUT2D eigenvalue weighted by atomic mass is 10.1. The molecule has 3 heterocycles. The van der Waals surface area contributed by atoms with Crippen LogP contribution in [0.4, 0.5) is 18.9 Å². The van der Waals surface area contributed by atoms with E-state index < -0.39 is 11.9 Å². The zero-order valence-corrected chi connectivity index (χ0v) is 15.0. The highest BCUT2D eigenvalue weighted by Gasteiger charge is 2.33. The first-order valence-corrected chi connectivity index (χ1v) is 8.55. The van der Waals surface area contributed by atoms with E-state index >= 15 is 0 Å². The molecule has 0 fully saturated rings. The molecule has 8 heteroatoms. The third-order valence-corrected chi connectivity index (χ3v) is 4.61. The third-order valence-electron chi connectivity index (χ3n) is 4.61. The fourth-order valence-electron chi connectivity index (χ4n) is 3.42. The first-order chi connectivity index (χ1) is 12.6. The number of carbonyl (C=O) groups is 1. The molecule has 4 rings (SSSR count). The average Bonchev–Trinajstić information content (AvgIpc) is 3.13. The van der Waals surface area contributed by atoms with Crippen LogP contribution in [0.1, 0.15) is 42.4 Å². The number of benzene rings is 1. The summed E-state index contributed by atoms with van der Waals surface area (Å²) in [6.45, 7) is 5.71. The van der Waals surface area contributed by atoms with E-state index in [2.05, 4.69) is 15.3 Å². The van der Waals surface area contributed by atoms with Crippen molar-refractivity contribution >= 4 is 22.8 Å². The first kappa shape index (κ1) is 17.5. The number of imidazole rings is 1. The number of nitrogens with one attached hydrogen (secondary N) is 1. The number of aryl methyl sites for hydroxylation is 1. The average molecular weight is 374 g/mol. The maximum absolute atomic E-state index is 13.2. The Morgan fingerprint density at radius 1 is 1.19 bits per heavy atom. The minimum atomic E-state index is -4.54. The van der Waals surface area contributed by atoms with Gasteiger partial charge in [0, 0.05) is 17.3 Å². The van der Waals surface area contributed by atoms with Gasteiger partial charge < -0.3 is 5.32 Å². The Labute approximate surface area is 153 Å². The Morgan fingerprint density at radius 3 is 2.59 bits per heavy atom. The van der Waals surface area contributed by atoms with Gasteiger partial charge in [0.25, 0.3) is 0 Å².